The van der Waals surface area contributed by atoms with Crippen LogP contribution in [-0.4, -0.2) is 31.6 Å². The molecule has 15 heavy (non-hydrogen) atoms. The molecule has 1 heterocycles. The molecule has 0 aromatic carbocycles. The lowest BCUT2D eigenvalue weighted by Gasteiger charge is -2.18. The van der Waals surface area contributed by atoms with Gasteiger partial charge < -0.3 is 10.2 Å². The van der Waals surface area contributed by atoms with Gasteiger partial charge in [0.15, 0.2) is 0 Å². The first kappa shape index (κ1) is 13.3. The number of hydrogen-bond acceptors (Lipinski definition) is 3. The molecule has 1 atom stereocenters. The van der Waals surface area contributed by atoms with Gasteiger partial charge in [-0.1, -0.05) is 23.2 Å². The Morgan fingerprint density at radius 2 is 2.13 bits per heavy atom. The standard InChI is InChI=1S/C10H16Cl2N2S/c1-7(6-14(2)3)13-5-8-4-9(11)15-10(8)12/h4,7,13H,5-6H2,1-3H3. The number of likely N-dealkylation sites (N-methyl/N-ethyl adjacent to an activating group) is 1. The first-order valence-corrected chi connectivity index (χ1v) is 6.38. The number of nitrogens with one attached hydrogen (secondary N) is 1. The second-order valence-corrected chi connectivity index (χ2v) is 6.18. The molecule has 0 aliphatic rings. The molecular formula is C10H16Cl2N2S. The van der Waals surface area contributed by atoms with Crippen LogP contribution in [-0.2, 0) is 6.54 Å². The average Bonchev–Trinajstić information content (AvgIpc) is 2.40. The van der Waals surface area contributed by atoms with Crippen LogP contribution in [0.25, 0.3) is 0 Å². The van der Waals surface area contributed by atoms with Crippen LogP contribution in [0.2, 0.25) is 8.67 Å². The van der Waals surface area contributed by atoms with Crippen LogP contribution >= 0.6 is 34.5 Å². The van der Waals surface area contributed by atoms with Crippen LogP contribution in [0.1, 0.15) is 12.5 Å². The molecule has 0 bridgehead atoms. The van der Waals surface area contributed by atoms with Gasteiger partial charge in [-0.2, -0.15) is 0 Å². The van der Waals surface area contributed by atoms with E-state index in [1.54, 1.807) is 0 Å². The van der Waals surface area contributed by atoms with E-state index in [9.17, 15) is 0 Å². The summed E-state index contributed by atoms with van der Waals surface area (Å²) in [6.45, 7) is 3.94. The summed E-state index contributed by atoms with van der Waals surface area (Å²) in [6.07, 6.45) is 0. The van der Waals surface area contributed by atoms with Crippen molar-refractivity contribution in [2.24, 2.45) is 0 Å². The summed E-state index contributed by atoms with van der Waals surface area (Å²) in [6, 6.07) is 2.36. The van der Waals surface area contributed by atoms with E-state index in [0.29, 0.717) is 6.04 Å². The van der Waals surface area contributed by atoms with Crippen molar-refractivity contribution in [3.05, 3.63) is 20.3 Å². The summed E-state index contributed by atoms with van der Waals surface area (Å²) in [7, 11) is 4.12. The second-order valence-electron chi connectivity index (χ2n) is 3.89. The summed E-state index contributed by atoms with van der Waals surface area (Å²) in [5, 5.41) is 3.41. The molecule has 1 rings (SSSR count). The summed E-state index contributed by atoms with van der Waals surface area (Å²) in [4.78, 5) is 2.15. The minimum atomic E-state index is 0.440. The molecule has 86 valence electrons. The molecule has 0 aliphatic heterocycles. The molecule has 1 aromatic heterocycles. The Morgan fingerprint density at radius 3 is 2.60 bits per heavy atom. The third kappa shape index (κ3) is 4.70. The maximum absolute atomic E-state index is 6.02. The molecule has 1 aromatic rings. The highest BCUT2D eigenvalue weighted by molar-refractivity contribution is 7.20. The Labute approximate surface area is 105 Å². The van der Waals surface area contributed by atoms with E-state index >= 15 is 0 Å². The van der Waals surface area contributed by atoms with Crippen molar-refractivity contribution in [1.82, 2.24) is 10.2 Å². The highest BCUT2D eigenvalue weighted by Gasteiger charge is 2.08. The fraction of sp³-hybridized carbons (Fsp3) is 0.600. The molecule has 5 heteroatoms. The maximum Gasteiger partial charge on any atom is 0.0989 e. The monoisotopic (exact) mass is 266 g/mol. The van der Waals surface area contributed by atoms with E-state index in [4.69, 9.17) is 23.2 Å². The van der Waals surface area contributed by atoms with E-state index in [1.807, 2.05) is 6.07 Å². The van der Waals surface area contributed by atoms with Crippen LogP contribution in [0.15, 0.2) is 6.07 Å². The van der Waals surface area contributed by atoms with Crippen molar-refractivity contribution in [3.63, 3.8) is 0 Å². The minimum Gasteiger partial charge on any atom is -0.309 e. The Bertz CT molecular complexity index is 312. The minimum absolute atomic E-state index is 0.440. The van der Waals surface area contributed by atoms with Crippen LogP contribution in [0.3, 0.4) is 0 Å². The van der Waals surface area contributed by atoms with Gasteiger partial charge in [0.05, 0.1) is 8.67 Å². The molecule has 1 N–H and O–H groups in total. The van der Waals surface area contributed by atoms with Crippen molar-refractivity contribution in [2.45, 2.75) is 19.5 Å². The highest BCUT2D eigenvalue weighted by Crippen LogP contribution is 2.30. The van der Waals surface area contributed by atoms with E-state index in [2.05, 4.69) is 31.2 Å². The van der Waals surface area contributed by atoms with Gasteiger partial charge in [0.25, 0.3) is 0 Å². The lowest BCUT2D eigenvalue weighted by atomic mass is 10.3. The van der Waals surface area contributed by atoms with Gasteiger partial charge in [-0.25, -0.2) is 0 Å². The first-order chi connectivity index (χ1) is 6.99. The average molecular weight is 267 g/mol. The fourth-order valence-corrected chi connectivity index (χ4v) is 2.88. The second kappa shape index (κ2) is 6.06. The van der Waals surface area contributed by atoms with Crippen LogP contribution < -0.4 is 5.32 Å². The van der Waals surface area contributed by atoms with Crippen molar-refractivity contribution in [3.8, 4) is 0 Å². The van der Waals surface area contributed by atoms with E-state index in [1.165, 1.54) is 11.3 Å². The van der Waals surface area contributed by atoms with Gasteiger partial charge in [0.1, 0.15) is 0 Å². The van der Waals surface area contributed by atoms with Gasteiger partial charge in [0, 0.05) is 19.1 Å². The third-order valence-corrected chi connectivity index (χ3v) is 3.58. The molecule has 0 saturated carbocycles. The van der Waals surface area contributed by atoms with Gasteiger partial charge in [0.2, 0.25) is 0 Å². The van der Waals surface area contributed by atoms with Gasteiger partial charge in [-0.15, -0.1) is 11.3 Å². The van der Waals surface area contributed by atoms with Crippen LogP contribution in [0.5, 0.6) is 0 Å². The number of nitrogens with zero attached hydrogens (tertiary/aromatic N) is 1. The zero-order valence-corrected chi connectivity index (χ0v) is 11.5. The quantitative estimate of drug-likeness (QED) is 0.882. The largest absolute Gasteiger partial charge is 0.309 e. The fourth-order valence-electron chi connectivity index (χ4n) is 1.39. The van der Waals surface area contributed by atoms with Crippen LogP contribution in [0.4, 0.5) is 0 Å². The Morgan fingerprint density at radius 1 is 1.47 bits per heavy atom. The predicted molar refractivity (Wildman–Crippen MR) is 69.2 cm³/mol. The number of rotatable bonds is 5. The molecule has 2 nitrogen and oxygen atoms in total. The summed E-state index contributed by atoms with van der Waals surface area (Å²) in [5.41, 5.74) is 1.08. The smallest absolute Gasteiger partial charge is 0.0989 e. The molecule has 1 unspecified atom stereocenters. The Balaban J connectivity index is 2.40. The van der Waals surface area contributed by atoms with Crippen molar-refractivity contribution in [2.75, 3.05) is 20.6 Å². The van der Waals surface area contributed by atoms with Gasteiger partial charge in [-0.05, 0) is 32.6 Å². The summed E-state index contributed by atoms with van der Waals surface area (Å²) in [5.74, 6) is 0. The lowest BCUT2D eigenvalue weighted by molar-refractivity contribution is 0.349. The molecule has 0 saturated heterocycles. The van der Waals surface area contributed by atoms with Gasteiger partial charge in [-0.3, -0.25) is 0 Å². The summed E-state index contributed by atoms with van der Waals surface area (Å²) < 4.78 is 1.53. The Hall–Kier alpha value is 0.200. The van der Waals surface area contributed by atoms with Crippen molar-refractivity contribution < 1.29 is 0 Å². The van der Waals surface area contributed by atoms with Crippen molar-refractivity contribution in [1.29, 1.82) is 0 Å². The van der Waals surface area contributed by atoms with Gasteiger partial charge >= 0.3 is 0 Å². The number of thiophene rings is 1. The van der Waals surface area contributed by atoms with E-state index in [-0.39, 0.29) is 0 Å². The van der Waals surface area contributed by atoms with E-state index in [0.717, 1.165) is 27.3 Å². The lowest BCUT2D eigenvalue weighted by Crippen LogP contribution is -2.35. The maximum atomic E-state index is 6.02. The topological polar surface area (TPSA) is 15.3 Å². The molecule has 0 aliphatic carbocycles. The molecule has 0 spiro atoms. The molecular weight excluding hydrogens is 251 g/mol. The molecule has 0 fully saturated rings. The van der Waals surface area contributed by atoms with Crippen molar-refractivity contribution >= 4 is 34.5 Å². The molecule has 0 radical (unpaired) electrons. The first-order valence-electron chi connectivity index (χ1n) is 4.81. The Kier molecular flexibility index (Phi) is 5.36. The highest BCUT2D eigenvalue weighted by atomic mass is 35.5. The number of hydrogen-bond donors (Lipinski definition) is 1. The number of halogens is 2. The van der Waals surface area contributed by atoms with E-state index < -0.39 is 0 Å². The SMILES string of the molecule is CC(CN(C)C)NCc1cc(Cl)sc1Cl. The van der Waals surface area contributed by atoms with Crippen LogP contribution in [0, 0.1) is 0 Å². The normalized spacial score (nSPS) is 13.5. The zero-order valence-electron chi connectivity index (χ0n) is 9.18. The third-order valence-electron chi connectivity index (χ3n) is 2.01. The predicted octanol–water partition coefficient (Wildman–Crippen LogP) is 3.09. The zero-order chi connectivity index (χ0) is 11.4. The molecule has 0 amide bonds. The summed E-state index contributed by atoms with van der Waals surface area (Å²) >= 11 is 13.3.